The lowest BCUT2D eigenvalue weighted by atomic mass is 10.2. The average Bonchev–Trinajstić information content (AvgIpc) is 2.48. The van der Waals surface area contributed by atoms with Crippen LogP contribution in [0.2, 0.25) is 10.0 Å². The number of anilines is 1. The fraction of sp³-hybridized carbons (Fsp3) is 0.125. The molecule has 1 N–H and O–H groups in total. The van der Waals surface area contributed by atoms with Crippen LogP contribution in [-0.4, -0.2) is 30.1 Å². The van der Waals surface area contributed by atoms with Crippen molar-refractivity contribution in [1.29, 1.82) is 0 Å². The molecule has 0 unspecified atom stereocenters. The van der Waals surface area contributed by atoms with Crippen molar-refractivity contribution in [2.75, 3.05) is 19.4 Å². The number of thioether (sulfide) groups is 1. The third kappa shape index (κ3) is 4.89. The van der Waals surface area contributed by atoms with Gasteiger partial charge in [-0.2, -0.15) is 0 Å². The summed E-state index contributed by atoms with van der Waals surface area (Å²) in [5.41, 5.74) is 0.898. The second-order valence-electron chi connectivity index (χ2n) is 4.87. The van der Waals surface area contributed by atoms with E-state index < -0.39 is 0 Å². The van der Waals surface area contributed by atoms with Gasteiger partial charge in [0.25, 0.3) is 11.1 Å². The number of carbonyl (C=O) groups excluding carboxylic acids is 2. The normalized spacial score (nSPS) is 10.3. The standard InChI is InChI=1S/C16H14Cl2N2O2S/c1-20(2)16(22)23-14-6-4-3-5-13(14)19-15(21)10-7-11(17)9-12(18)8-10/h3-9H,1-2H3,(H,19,21). The molecule has 2 amide bonds. The van der Waals surface area contributed by atoms with Crippen LogP contribution in [-0.2, 0) is 0 Å². The topological polar surface area (TPSA) is 49.4 Å². The maximum Gasteiger partial charge on any atom is 0.286 e. The molecular formula is C16H14Cl2N2O2S. The molecule has 0 aliphatic heterocycles. The van der Waals surface area contributed by atoms with Crippen LogP contribution >= 0.6 is 35.0 Å². The minimum Gasteiger partial charge on any atom is -0.339 e. The highest BCUT2D eigenvalue weighted by Gasteiger charge is 2.14. The van der Waals surface area contributed by atoms with E-state index in [4.69, 9.17) is 23.2 Å². The summed E-state index contributed by atoms with van der Waals surface area (Å²) in [6.07, 6.45) is 0. The van der Waals surface area contributed by atoms with Gasteiger partial charge in [-0.15, -0.1) is 0 Å². The molecule has 0 aromatic heterocycles. The van der Waals surface area contributed by atoms with Gasteiger partial charge in [-0.05, 0) is 42.1 Å². The predicted molar refractivity (Wildman–Crippen MR) is 95.8 cm³/mol. The number of nitrogens with zero attached hydrogens (tertiary/aromatic N) is 1. The summed E-state index contributed by atoms with van der Waals surface area (Å²) in [5, 5.41) is 3.42. The minimum absolute atomic E-state index is 0.127. The van der Waals surface area contributed by atoms with E-state index in [1.807, 2.05) is 0 Å². The van der Waals surface area contributed by atoms with E-state index in [1.165, 1.54) is 17.0 Å². The summed E-state index contributed by atoms with van der Waals surface area (Å²) in [6.45, 7) is 0. The smallest absolute Gasteiger partial charge is 0.286 e. The maximum atomic E-state index is 12.4. The van der Waals surface area contributed by atoms with Gasteiger partial charge in [0.15, 0.2) is 0 Å². The van der Waals surface area contributed by atoms with Gasteiger partial charge in [-0.1, -0.05) is 35.3 Å². The Labute approximate surface area is 148 Å². The highest BCUT2D eigenvalue weighted by molar-refractivity contribution is 8.13. The van der Waals surface area contributed by atoms with Crippen LogP contribution in [0.3, 0.4) is 0 Å². The first-order valence-corrected chi connectivity index (χ1v) is 8.19. The molecule has 2 aromatic carbocycles. The number of nitrogens with one attached hydrogen (secondary N) is 1. The molecule has 0 heterocycles. The number of rotatable bonds is 3. The van der Waals surface area contributed by atoms with Crippen molar-refractivity contribution < 1.29 is 9.59 Å². The van der Waals surface area contributed by atoms with Gasteiger partial charge in [0.1, 0.15) is 0 Å². The molecule has 2 rings (SSSR count). The molecule has 0 radical (unpaired) electrons. The van der Waals surface area contributed by atoms with Crippen molar-refractivity contribution >= 4 is 51.8 Å². The van der Waals surface area contributed by atoms with Gasteiger partial charge in [0.05, 0.1) is 5.69 Å². The second-order valence-corrected chi connectivity index (χ2v) is 6.74. The van der Waals surface area contributed by atoms with Gasteiger partial charge in [-0.25, -0.2) is 0 Å². The van der Waals surface area contributed by atoms with Crippen molar-refractivity contribution in [3.05, 3.63) is 58.1 Å². The summed E-state index contributed by atoms with van der Waals surface area (Å²) in [4.78, 5) is 26.3. The molecule has 0 atom stereocenters. The molecular weight excluding hydrogens is 355 g/mol. The zero-order chi connectivity index (χ0) is 17.0. The Morgan fingerprint density at radius 2 is 1.65 bits per heavy atom. The quantitative estimate of drug-likeness (QED) is 0.773. The van der Waals surface area contributed by atoms with Gasteiger partial charge in [-0.3, -0.25) is 9.59 Å². The van der Waals surface area contributed by atoms with E-state index in [9.17, 15) is 9.59 Å². The number of hydrogen-bond donors (Lipinski definition) is 1. The van der Waals surface area contributed by atoms with Crippen molar-refractivity contribution in [1.82, 2.24) is 4.90 Å². The van der Waals surface area contributed by atoms with E-state index in [1.54, 1.807) is 44.4 Å². The van der Waals surface area contributed by atoms with E-state index >= 15 is 0 Å². The van der Waals surface area contributed by atoms with Crippen LogP contribution in [0, 0.1) is 0 Å². The lowest BCUT2D eigenvalue weighted by Gasteiger charge is -2.13. The molecule has 120 valence electrons. The van der Waals surface area contributed by atoms with Gasteiger partial charge < -0.3 is 10.2 Å². The maximum absolute atomic E-state index is 12.4. The molecule has 0 aliphatic rings. The number of amides is 2. The molecule has 0 saturated carbocycles. The predicted octanol–water partition coefficient (Wildman–Crippen LogP) is 5.02. The molecule has 0 bridgehead atoms. The van der Waals surface area contributed by atoms with Crippen LogP contribution in [0.5, 0.6) is 0 Å². The van der Waals surface area contributed by atoms with Crippen LogP contribution in [0.15, 0.2) is 47.4 Å². The van der Waals surface area contributed by atoms with Crippen LogP contribution < -0.4 is 5.32 Å². The Bertz CT molecular complexity index is 730. The van der Waals surface area contributed by atoms with Crippen LogP contribution in [0.25, 0.3) is 0 Å². The average molecular weight is 369 g/mol. The highest BCUT2D eigenvalue weighted by Crippen LogP contribution is 2.29. The Morgan fingerprint density at radius 3 is 2.26 bits per heavy atom. The zero-order valence-corrected chi connectivity index (χ0v) is 14.8. The molecule has 7 heteroatoms. The highest BCUT2D eigenvalue weighted by atomic mass is 35.5. The van der Waals surface area contributed by atoms with E-state index in [-0.39, 0.29) is 11.1 Å². The van der Waals surface area contributed by atoms with Crippen molar-refractivity contribution in [3.63, 3.8) is 0 Å². The Morgan fingerprint density at radius 1 is 1.04 bits per heavy atom. The SMILES string of the molecule is CN(C)C(=O)Sc1ccccc1NC(=O)c1cc(Cl)cc(Cl)c1. The Kier molecular flexibility index (Phi) is 5.93. The van der Waals surface area contributed by atoms with Crippen molar-refractivity contribution in [3.8, 4) is 0 Å². The first-order chi connectivity index (χ1) is 10.9. The molecule has 0 spiro atoms. The number of benzene rings is 2. The fourth-order valence-corrected chi connectivity index (χ4v) is 3.00. The largest absolute Gasteiger partial charge is 0.339 e. The Hall–Kier alpha value is -1.69. The summed E-state index contributed by atoms with van der Waals surface area (Å²) >= 11 is 12.9. The Balaban J connectivity index is 2.22. The first kappa shape index (κ1) is 17.7. The third-order valence-electron chi connectivity index (χ3n) is 2.82. The molecule has 0 aliphatic carbocycles. The van der Waals surface area contributed by atoms with Crippen LogP contribution in [0.1, 0.15) is 10.4 Å². The van der Waals surface area contributed by atoms with Crippen LogP contribution in [0.4, 0.5) is 10.5 Å². The molecule has 23 heavy (non-hydrogen) atoms. The van der Waals surface area contributed by atoms with Gasteiger partial charge >= 0.3 is 0 Å². The molecule has 0 saturated heterocycles. The summed E-state index contributed by atoms with van der Waals surface area (Å²) < 4.78 is 0. The third-order valence-corrected chi connectivity index (χ3v) is 4.37. The monoisotopic (exact) mass is 368 g/mol. The lowest BCUT2D eigenvalue weighted by Crippen LogP contribution is -2.17. The van der Waals surface area contributed by atoms with E-state index in [0.717, 1.165) is 11.8 Å². The molecule has 4 nitrogen and oxygen atoms in total. The summed E-state index contributed by atoms with van der Waals surface area (Å²) in [6, 6.07) is 11.7. The zero-order valence-electron chi connectivity index (χ0n) is 12.5. The summed E-state index contributed by atoms with van der Waals surface area (Å²) in [7, 11) is 3.34. The van der Waals surface area contributed by atoms with Gasteiger partial charge in [0, 0.05) is 34.6 Å². The number of carbonyl (C=O) groups is 2. The van der Waals surface area contributed by atoms with Crippen molar-refractivity contribution in [2.24, 2.45) is 0 Å². The minimum atomic E-state index is -0.347. The number of hydrogen-bond acceptors (Lipinski definition) is 3. The van der Waals surface area contributed by atoms with E-state index in [0.29, 0.717) is 26.2 Å². The fourth-order valence-electron chi connectivity index (χ4n) is 1.72. The van der Waals surface area contributed by atoms with Gasteiger partial charge in [0.2, 0.25) is 0 Å². The summed E-state index contributed by atoms with van der Waals surface area (Å²) in [5.74, 6) is -0.347. The lowest BCUT2D eigenvalue weighted by molar-refractivity contribution is 0.102. The van der Waals surface area contributed by atoms with E-state index in [2.05, 4.69) is 5.32 Å². The number of para-hydroxylation sites is 1. The second kappa shape index (κ2) is 7.73. The number of halogens is 2. The first-order valence-electron chi connectivity index (χ1n) is 6.62. The molecule has 2 aromatic rings. The molecule has 0 fully saturated rings. The van der Waals surface area contributed by atoms with Crippen molar-refractivity contribution in [2.45, 2.75) is 4.90 Å².